The molecule has 1 saturated heterocycles. The number of carbonyl (C=O) groups excluding carboxylic acids is 3. The van der Waals surface area contributed by atoms with Crippen molar-refractivity contribution in [2.75, 3.05) is 33.2 Å². The van der Waals surface area contributed by atoms with Crippen LogP contribution in [-0.2, 0) is 14.4 Å². The van der Waals surface area contributed by atoms with Crippen LogP contribution in [0.4, 0.5) is 0 Å². The van der Waals surface area contributed by atoms with Crippen molar-refractivity contribution in [1.29, 1.82) is 0 Å². The maximum Gasteiger partial charge on any atom is 0.246 e. The van der Waals surface area contributed by atoms with Gasteiger partial charge < -0.3 is 10.6 Å². The topological polar surface area (TPSA) is 95.7 Å². The Morgan fingerprint density at radius 2 is 2.10 bits per heavy atom. The lowest BCUT2D eigenvalue weighted by Crippen LogP contribution is -2.64. The molecule has 0 aliphatic carbocycles. The molecule has 3 N–H and O–H groups in total. The minimum Gasteiger partial charge on any atom is -0.346 e. The Kier molecular flexibility index (Phi) is 5.64. The average molecular weight is 284 g/mol. The maximum absolute atomic E-state index is 11.9. The maximum atomic E-state index is 11.9. The van der Waals surface area contributed by atoms with Crippen molar-refractivity contribution in [3.05, 3.63) is 0 Å². The standard InChI is InChI=1S/C13H24N4O3/c1-13(2)12(20)15-10(18)9-17(13)8-5-11(19)16(3)7-4-6-14/h4-9,14H2,1-3H3,(H,15,18,20). The molecule has 1 aliphatic rings. The number of amides is 3. The van der Waals surface area contributed by atoms with Gasteiger partial charge >= 0.3 is 0 Å². The number of carbonyl (C=O) groups is 3. The van der Waals surface area contributed by atoms with Crippen LogP contribution >= 0.6 is 0 Å². The number of hydrogen-bond donors (Lipinski definition) is 2. The number of hydrogen-bond acceptors (Lipinski definition) is 5. The summed E-state index contributed by atoms with van der Waals surface area (Å²) in [5.74, 6) is -0.649. The van der Waals surface area contributed by atoms with Crippen LogP contribution in [0.15, 0.2) is 0 Å². The van der Waals surface area contributed by atoms with E-state index in [0.29, 0.717) is 19.6 Å². The second-order valence-corrected chi connectivity index (χ2v) is 5.57. The smallest absolute Gasteiger partial charge is 0.246 e. The van der Waals surface area contributed by atoms with Crippen LogP contribution in [0.1, 0.15) is 26.7 Å². The zero-order valence-corrected chi connectivity index (χ0v) is 12.4. The van der Waals surface area contributed by atoms with Gasteiger partial charge in [0, 0.05) is 26.6 Å². The van der Waals surface area contributed by atoms with Crippen LogP contribution in [0, 0.1) is 0 Å². The first-order valence-electron chi connectivity index (χ1n) is 6.82. The molecule has 0 bridgehead atoms. The summed E-state index contributed by atoms with van der Waals surface area (Å²) in [6.07, 6.45) is 1.05. The van der Waals surface area contributed by atoms with E-state index in [2.05, 4.69) is 5.32 Å². The number of nitrogens with one attached hydrogen (secondary N) is 1. The van der Waals surface area contributed by atoms with E-state index in [9.17, 15) is 14.4 Å². The molecule has 20 heavy (non-hydrogen) atoms. The first kappa shape index (κ1) is 16.6. The highest BCUT2D eigenvalue weighted by Gasteiger charge is 2.40. The quantitative estimate of drug-likeness (QED) is 0.605. The second kappa shape index (κ2) is 6.81. The molecule has 0 atom stereocenters. The Balaban J connectivity index is 2.53. The Labute approximate surface area is 119 Å². The lowest BCUT2D eigenvalue weighted by atomic mass is 9.98. The summed E-state index contributed by atoms with van der Waals surface area (Å²) in [6, 6.07) is 0. The molecule has 0 aromatic carbocycles. The fraction of sp³-hybridized carbons (Fsp3) is 0.769. The van der Waals surface area contributed by atoms with Gasteiger partial charge in [0.1, 0.15) is 0 Å². The van der Waals surface area contributed by atoms with E-state index in [0.717, 1.165) is 6.42 Å². The van der Waals surface area contributed by atoms with Crippen molar-refractivity contribution in [3.8, 4) is 0 Å². The Hall–Kier alpha value is -1.47. The summed E-state index contributed by atoms with van der Waals surface area (Å²) < 4.78 is 0. The summed E-state index contributed by atoms with van der Waals surface area (Å²) in [7, 11) is 1.73. The van der Waals surface area contributed by atoms with Gasteiger partial charge in [-0.05, 0) is 26.8 Å². The van der Waals surface area contributed by atoms with Crippen molar-refractivity contribution in [1.82, 2.24) is 15.1 Å². The van der Waals surface area contributed by atoms with E-state index < -0.39 is 5.54 Å². The lowest BCUT2D eigenvalue weighted by Gasteiger charge is -2.40. The van der Waals surface area contributed by atoms with Crippen LogP contribution in [0.2, 0.25) is 0 Å². The van der Waals surface area contributed by atoms with Crippen LogP contribution < -0.4 is 11.1 Å². The van der Waals surface area contributed by atoms with E-state index in [1.54, 1.807) is 30.7 Å². The molecule has 114 valence electrons. The summed E-state index contributed by atoms with van der Waals surface area (Å²) in [5.41, 5.74) is 4.63. The third kappa shape index (κ3) is 4.01. The van der Waals surface area contributed by atoms with Crippen molar-refractivity contribution in [3.63, 3.8) is 0 Å². The van der Waals surface area contributed by atoms with E-state index in [1.165, 1.54) is 0 Å². The fourth-order valence-electron chi connectivity index (χ4n) is 2.07. The minimum absolute atomic E-state index is 0.00678. The molecule has 1 rings (SSSR count). The van der Waals surface area contributed by atoms with Crippen molar-refractivity contribution in [2.45, 2.75) is 32.2 Å². The van der Waals surface area contributed by atoms with Crippen LogP contribution in [0.25, 0.3) is 0 Å². The Bertz CT molecular complexity index is 395. The first-order valence-corrected chi connectivity index (χ1v) is 6.82. The van der Waals surface area contributed by atoms with Gasteiger partial charge in [-0.15, -0.1) is 0 Å². The van der Waals surface area contributed by atoms with Crippen molar-refractivity contribution in [2.24, 2.45) is 5.73 Å². The largest absolute Gasteiger partial charge is 0.346 e. The molecule has 7 nitrogen and oxygen atoms in total. The zero-order chi connectivity index (χ0) is 15.3. The van der Waals surface area contributed by atoms with Gasteiger partial charge in [0.25, 0.3) is 0 Å². The highest BCUT2D eigenvalue weighted by atomic mass is 16.2. The molecule has 0 unspecified atom stereocenters. The second-order valence-electron chi connectivity index (χ2n) is 5.57. The van der Waals surface area contributed by atoms with Gasteiger partial charge in [0.05, 0.1) is 12.1 Å². The van der Waals surface area contributed by atoms with Crippen LogP contribution in [0.3, 0.4) is 0 Å². The molecule has 7 heteroatoms. The number of rotatable bonds is 6. The zero-order valence-electron chi connectivity index (χ0n) is 12.4. The van der Waals surface area contributed by atoms with Gasteiger partial charge in [0.15, 0.2) is 0 Å². The molecular formula is C13H24N4O3. The highest BCUT2D eigenvalue weighted by molar-refractivity contribution is 6.02. The van der Waals surface area contributed by atoms with E-state index in [1.807, 2.05) is 0 Å². The van der Waals surface area contributed by atoms with Crippen molar-refractivity contribution < 1.29 is 14.4 Å². The Morgan fingerprint density at radius 3 is 2.70 bits per heavy atom. The van der Waals surface area contributed by atoms with Gasteiger partial charge in [0.2, 0.25) is 17.7 Å². The summed E-state index contributed by atoms with van der Waals surface area (Å²) in [5, 5.41) is 2.31. The minimum atomic E-state index is -0.774. The SMILES string of the molecule is CN(CCCN)C(=O)CCN1CC(=O)NC(=O)C1(C)C. The summed E-state index contributed by atoms with van der Waals surface area (Å²) in [6.45, 7) is 5.19. The molecule has 0 radical (unpaired) electrons. The predicted molar refractivity (Wildman–Crippen MR) is 74.7 cm³/mol. The van der Waals surface area contributed by atoms with Crippen LogP contribution in [-0.4, -0.2) is 66.3 Å². The molecule has 1 heterocycles. The van der Waals surface area contributed by atoms with Gasteiger partial charge in [-0.3, -0.25) is 24.6 Å². The number of nitrogens with zero attached hydrogens (tertiary/aromatic N) is 2. The Morgan fingerprint density at radius 1 is 1.45 bits per heavy atom. The molecule has 0 aromatic heterocycles. The lowest BCUT2D eigenvalue weighted by molar-refractivity contribution is -0.146. The van der Waals surface area contributed by atoms with Gasteiger partial charge in [-0.2, -0.15) is 0 Å². The van der Waals surface area contributed by atoms with E-state index >= 15 is 0 Å². The normalized spacial score (nSPS) is 18.8. The van der Waals surface area contributed by atoms with Gasteiger partial charge in [-0.25, -0.2) is 0 Å². The number of imide groups is 1. The molecular weight excluding hydrogens is 260 g/mol. The molecule has 0 aromatic rings. The monoisotopic (exact) mass is 284 g/mol. The average Bonchev–Trinajstić information content (AvgIpc) is 2.38. The van der Waals surface area contributed by atoms with E-state index in [-0.39, 0.29) is 30.7 Å². The summed E-state index contributed by atoms with van der Waals surface area (Å²) >= 11 is 0. The van der Waals surface area contributed by atoms with Crippen molar-refractivity contribution >= 4 is 17.7 Å². The molecule has 0 saturated carbocycles. The third-order valence-corrected chi connectivity index (χ3v) is 3.65. The molecule has 3 amide bonds. The first-order chi connectivity index (χ1) is 9.28. The van der Waals surface area contributed by atoms with E-state index in [4.69, 9.17) is 5.73 Å². The fourth-order valence-corrected chi connectivity index (χ4v) is 2.07. The molecule has 0 spiro atoms. The van der Waals surface area contributed by atoms with Crippen LogP contribution in [0.5, 0.6) is 0 Å². The predicted octanol–water partition coefficient (Wildman–Crippen LogP) is -1.08. The summed E-state index contributed by atoms with van der Waals surface area (Å²) in [4.78, 5) is 38.5. The third-order valence-electron chi connectivity index (χ3n) is 3.65. The van der Waals surface area contributed by atoms with Gasteiger partial charge in [-0.1, -0.05) is 0 Å². The molecule has 1 fully saturated rings. The number of nitrogens with two attached hydrogens (primary N) is 1. The number of piperazine rings is 1. The molecule has 1 aliphatic heterocycles. The highest BCUT2D eigenvalue weighted by Crippen LogP contribution is 2.18.